The van der Waals surface area contributed by atoms with Gasteiger partial charge in [-0.3, -0.25) is 4.90 Å². The lowest BCUT2D eigenvalue weighted by Gasteiger charge is -2.41. The summed E-state index contributed by atoms with van der Waals surface area (Å²) in [6, 6.07) is 5.73. The average Bonchev–Trinajstić information content (AvgIpc) is 2.38. The molecule has 19 heavy (non-hydrogen) atoms. The van der Waals surface area contributed by atoms with Crippen LogP contribution in [0.25, 0.3) is 0 Å². The molecule has 3 unspecified atom stereocenters. The van der Waals surface area contributed by atoms with Gasteiger partial charge in [0.15, 0.2) is 0 Å². The molecule has 0 bridgehead atoms. The molecule has 2 N–H and O–H groups in total. The van der Waals surface area contributed by atoms with Crippen molar-refractivity contribution < 1.29 is 9.13 Å². The first-order valence-electron chi connectivity index (χ1n) is 6.86. The standard InChI is InChI=1S/C15H23FN2O/c1-10-6-13(4-5-14(10)16)15(7-17)18-8-12(3)19-9-11(18)2/h4-6,11-12,15H,7-9,17H2,1-3H3. The Morgan fingerprint density at radius 1 is 1.47 bits per heavy atom. The summed E-state index contributed by atoms with van der Waals surface area (Å²) in [5.41, 5.74) is 7.71. The third-order valence-corrected chi connectivity index (χ3v) is 3.85. The van der Waals surface area contributed by atoms with Gasteiger partial charge in [-0.2, -0.15) is 0 Å². The molecule has 1 aliphatic heterocycles. The van der Waals surface area contributed by atoms with Gasteiger partial charge in [0.25, 0.3) is 0 Å². The van der Waals surface area contributed by atoms with E-state index in [1.54, 1.807) is 6.92 Å². The fraction of sp³-hybridized carbons (Fsp3) is 0.600. The second-order valence-corrected chi connectivity index (χ2v) is 5.45. The maximum atomic E-state index is 13.4. The van der Waals surface area contributed by atoms with E-state index < -0.39 is 0 Å². The normalized spacial score (nSPS) is 26.4. The van der Waals surface area contributed by atoms with E-state index in [2.05, 4.69) is 18.7 Å². The number of ether oxygens (including phenoxy) is 1. The van der Waals surface area contributed by atoms with Crippen LogP contribution in [0.15, 0.2) is 18.2 Å². The van der Waals surface area contributed by atoms with Gasteiger partial charge in [0.1, 0.15) is 5.82 Å². The van der Waals surface area contributed by atoms with E-state index in [0.29, 0.717) is 18.2 Å². The van der Waals surface area contributed by atoms with Crippen molar-refractivity contribution in [2.45, 2.75) is 39.0 Å². The highest BCUT2D eigenvalue weighted by atomic mass is 19.1. The van der Waals surface area contributed by atoms with Crippen molar-refractivity contribution in [2.75, 3.05) is 19.7 Å². The molecular weight excluding hydrogens is 243 g/mol. The number of rotatable bonds is 3. The van der Waals surface area contributed by atoms with Crippen molar-refractivity contribution >= 4 is 0 Å². The molecular formula is C15H23FN2O. The minimum atomic E-state index is -0.164. The van der Waals surface area contributed by atoms with E-state index in [-0.39, 0.29) is 18.0 Å². The lowest BCUT2D eigenvalue weighted by atomic mass is 10.00. The van der Waals surface area contributed by atoms with E-state index in [1.807, 2.05) is 12.1 Å². The van der Waals surface area contributed by atoms with Crippen LogP contribution in [0.3, 0.4) is 0 Å². The van der Waals surface area contributed by atoms with Gasteiger partial charge in [-0.15, -0.1) is 0 Å². The van der Waals surface area contributed by atoms with Crippen LogP contribution < -0.4 is 5.73 Å². The minimum absolute atomic E-state index is 0.126. The van der Waals surface area contributed by atoms with Crippen molar-refractivity contribution in [1.29, 1.82) is 0 Å². The molecule has 1 aromatic rings. The summed E-state index contributed by atoms with van der Waals surface area (Å²) in [5, 5.41) is 0. The van der Waals surface area contributed by atoms with Crippen LogP contribution in [0.4, 0.5) is 4.39 Å². The van der Waals surface area contributed by atoms with E-state index >= 15 is 0 Å². The fourth-order valence-electron chi connectivity index (χ4n) is 2.70. The summed E-state index contributed by atoms with van der Waals surface area (Å²) in [4.78, 5) is 2.36. The largest absolute Gasteiger partial charge is 0.376 e. The molecule has 0 aliphatic carbocycles. The van der Waals surface area contributed by atoms with Gasteiger partial charge in [0, 0.05) is 25.2 Å². The van der Waals surface area contributed by atoms with Crippen molar-refractivity contribution in [1.82, 2.24) is 4.90 Å². The highest BCUT2D eigenvalue weighted by molar-refractivity contribution is 5.27. The zero-order valence-corrected chi connectivity index (χ0v) is 11.9. The first-order chi connectivity index (χ1) is 9.02. The monoisotopic (exact) mass is 266 g/mol. The summed E-state index contributed by atoms with van der Waals surface area (Å²) in [7, 11) is 0. The number of nitrogens with zero attached hydrogens (tertiary/aromatic N) is 1. The second-order valence-electron chi connectivity index (χ2n) is 5.45. The lowest BCUT2D eigenvalue weighted by Crippen LogP contribution is -2.50. The van der Waals surface area contributed by atoms with Gasteiger partial charge in [0.2, 0.25) is 0 Å². The average molecular weight is 266 g/mol. The quantitative estimate of drug-likeness (QED) is 0.912. The van der Waals surface area contributed by atoms with E-state index in [9.17, 15) is 4.39 Å². The Hall–Kier alpha value is -0.970. The van der Waals surface area contributed by atoms with E-state index in [4.69, 9.17) is 10.5 Å². The van der Waals surface area contributed by atoms with E-state index in [0.717, 1.165) is 18.7 Å². The molecule has 0 saturated carbocycles. The number of halogens is 1. The molecule has 0 aromatic heterocycles. The fourth-order valence-corrected chi connectivity index (χ4v) is 2.70. The van der Waals surface area contributed by atoms with Crippen LogP contribution in [0, 0.1) is 12.7 Å². The lowest BCUT2D eigenvalue weighted by molar-refractivity contribution is -0.0654. The molecule has 1 aliphatic rings. The van der Waals surface area contributed by atoms with Gasteiger partial charge < -0.3 is 10.5 Å². The molecule has 1 heterocycles. The summed E-state index contributed by atoms with van der Waals surface area (Å²) >= 11 is 0. The zero-order chi connectivity index (χ0) is 14.0. The summed E-state index contributed by atoms with van der Waals surface area (Å²) < 4.78 is 19.0. The molecule has 106 valence electrons. The molecule has 0 spiro atoms. The molecule has 4 heteroatoms. The first kappa shape index (κ1) is 14.4. The van der Waals surface area contributed by atoms with Crippen LogP contribution in [0.1, 0.15) is 31.0 Å². The zero-order valence-electron chi connectivity index (χ0n) is 11.9. The Morgan fingerprint density at radius 2 is 2.21 bits per heavy atom. The van der Waals surface area contributed by atoms with Crippen molar-refractivity contribution in [3.05, 3.63) is 35.1 Å². The van der Waals surface area contributed by atoms with Crippen molar-refractivity contribution in [3.8, 4) is 0 Å². The Bertz CT molecular complexity index is 438. The Balaban J connectivity index is 2.25. The number of hydrogen-bond donors (Lipinski definition) is 1. The number of morpholine rings is 1. The molecule has 1 fully saturated rings. The van der Waals surface area contributed by atoms with Crippen LogP contribution in [-0.4, -0.2) is 36.7 Å². The van der Waals surface area contributed by atoms with E-state index in [1.165, 1.54) is 6.07 Å². The maximum absolute atomic E-state index is 13.4. The maximum Gasteiger partial charge on any atom is 0.126 e. The van der Waals surface area contributed by atoms with Crippen LogP contribution >= 0.6 is 0 Å². The highest BCUT2D eigenvalue weighted by Crippen LogP contribution is 2.26. The molecule has 2 rings (SSSR count). The molecule has 3 nitrogen and oxygen atoms in total. The van der Waals surface area contributed by atoms with Crippen LogP contribution in [0.2, 0.25) is 0 Å². The molecule has 1 saturated heterocycles. The molecule has 0 amide bonds. The Kier molecular flexibility index (Phi) is 4.55. The minimum Gasteiger partial charge on any atom is -0.376 e. The van der Waals surface area contributed by atoms with Crippen LogP contribution in [0.5, 0.6) is 0 Å². The van der Waals surface area contributed by atoms with Crippen molar-refractivity contribution in [3.63, 3.8) is 0 Å². The van der Waals surface area contributed by atoms with Crippen LogP contribution in [-0.2, 0) is 4.74 Å². The summed E-state index contributed by atoms with van der Waals surface area (Å²) in [6.07, 6.45) is 0.215. The predicted octanol–water partition coefficient (Wildman–Crippen LogP) is 2.24. The third kappa shape index (κ3) is 3.14. The summed E-state index contributed by atoms with van der Waals surface area (Å²) in [6.45, 7) is 8.12. The molecule has 1 aromatic carbocycles. The van der Waals surface area contributed by atoms with Gasteiger partial charge >= 0.3 is 0 Å². The van der Waals surface area contributed by atoms with Gasteiger partial charge in [-0.05, 0) is 38.0 Å². The number of aryl methyl sites for hydroxylation is 1. The Morgan fingerprint density at radius 3 is 2.84 bits per heavy atom. The highest BCUT2D eigenvalue weighted by Gasteiger charge is 2.29. The third-order valence-electron chi connectivity index (χ3n) is 3.85. The van der Waals surface area contributed by atoms with Gasteiger partial charge in [0.05, 0.1) is 12.7 Å². The Labute approximate surface area is 114 Å². The second kappa shape index (κ2) is 5.99. The number of benzene rings is 1. The molecule has 3 atom stereocenters. The predicted molar refractivity (Wildman–Crippen MR) is 74.5 cm³/mol. The molecule has 0 radical (unpaired) electrons. The van der Waals surface area contributed by atoms with Gasteiger partial charge in [-0.25, -0.2) is 4.39 Å². The number of nitrogens with two attached hydrogens (primary N) is 1. The van der Waals surface area contributed by atoms with Crippen molar-refractivity contribution in [2.24, 2.45) is 5.73 Å². The number of hydrogen-bond acceptors (Lipinski definition) is 3. The van der Waals surface area contributed by atoms with Gasteiger partial charge in [-0.1, -0.05) is 12.1 Å². The topological polar surface area (TPSA) is 38.5 Å². The smallest absolute Gasteiger partial charge is 0.126 e. The first-order valence-corrected chi connectivity index (χ1v) is 6.86. The summed E-state index contributed by atoms with van der Waals surface area (Å²) in [5.74, 6) is -0.164. The SMILES string of the molecule is Cc1cc(C(CN)N2CC(C)OCC2C)ccc1F.